The number of amides is 2. The van der Waals surface area contributed by atoms with Crippen LogP contribution in [0.2, 0.25) is 0 Å². The van der Waals surface area contributed by atoms with Gasteiger partial charge >= 0.3 is 0 Å². The largest absolute Gasteiger partial charge is 0.493 e. The van der Waals surface area contributed by atoms with Crippen molar-refractivity contribution in [3.63, 3.8) is 0 Å². The van der Waals surface area contributed by atoms with Crippen molar-refractivity contribution in [1.29, 1.82) is 0 Å². The van der Waals surface area contributed by atoms with E-state index in [1.54, 1.807) is 11.4 Å². The van der Waals surface area contributed by atoms with Crippen LogP contribution in [0.3, 0.4) is 0 Å². The molecule has 0 bridgehead atoms. The molecule has 2 N–H and O–H groups in total. The number of rotatable bonds is 5. The van der Waals surface area contributed by atoms with Gasteiger partial charge in [-0.3, -0.25) is 14.9 Å². The van der Waals surface area contributed by atoms with Crippen LogP contribution in [0, 0.1) is 0 Å². The van der Waals surface area contributed by atoms with Gasteiger partial charge in [-0.25, -0.2) is 4.98 Å². The summed E-state index contributed by atoms with van der Waals surface area (Å²) < 4.78 is 5.62. The van der Waals surface area contributed by atoms with Crippen LogP contribution >= 0.6 is 22.7 Å². The first-order chi connectivity index (χ1) is 13.2. The van der Waals surface area contributed by atoms with E-state index in [0.717, 1.165) is 17.7 Å². The molecule has 3 heterocycles. The highest BCUT2D eigenvalue weighted by Crippen LogP contribution is 2.31. The lowest BCUT2D eigenvalue weighted by Crippen LogP contribution is -2.33. The molecule has 2 amide bonds. The molecule has 4 rings (SSSR count). The standard InChI is InChI=1S/C19H17N3O3S2/c23-17(21-14-7-8-25-15-5-2-1-4-13(14)15)10-12-11-27-19(20-12)22-18(24)16-6-3-9-26-16/h1-6,9,11,14H,7-8,10H2,(H,21,23)(H,20,22,24)/t14-/m1/s1. The summed E-state index contributed by atoms with van der Waals surface area (Å²) in [6, 6.07) is 11.3. The fraction of sp³-hybridized carbons (Fsp3) is 0.211. The number of anilines is 1. The molecular formula is C19H17N3O3S2. The average Bonchev–Trinajstić information content (AvgIpc) is 3.34. The number of benzene rings is 1. The third kappa shape index (κ3) is 4.17. The van der Waals surface area contributed by atoms with Crippen molar-refractivity contribution < 1.29 is 14.3 Å². The van der Waals surface area contributed by atoms with Gasteiger partial charge < -0.3 is 10.1 Å². The zero-order valence-corrected chi connectivity index (χ0v) is 15.9. The van der Waals surface area contributed by atoms with Gasteiger partial charge in [-0.15, -0.1) is 22.7 Å². The average molecular weight is 399 g/mol. The monoisotopic (exact) mass is 399 g/mol. The van der Waals surface area contributed by atoms with Crippen LogP contribution in [0.1, 0.15) is 33.4 Å². The summed E-state index contributed by atoms with van der Waals surface area (Å²) in [4.78, 5) is 29.5. The number of fused-ring (bicyclic) bond motifs is 1. The van der Waals surface area contributed by atoms with Gasteiger partial charge in [0.15, 0.2) is 5.13 Å². The zero-order valence-electron chi connectivity index (χ0n) is 14.3. The van der Waals surface area contributed by atoms with Crippen LogP contribution in [-0.2, 0) is 11.2 Å². The van der Waals surface area contributed by atoms with Crippen LogP contribution in [-0.4, -0.2) is 23.4 Å². The smallest absolute Gasteiger partial charge is 0.267 e. The number of carbonyl (C=O) groups excluding carboxylic acids is 2. The Balaban J connectivity index is 1.35. The van der Waals surface area contributed by atoms with Crippen molar-refractivity contribution in [3.05, 3.63) is 63.3 Å². The molecule has 8 heteroatoms. The van der Waals surface area contributed by atoms with Gasteiger partial charge in [0.25, 0.3) is 5.91 Å². The van der Waals surface area contributed by atoms with Crippen LogP contribution in [0.25, 0.3) is 0 Å². The third-order valence-electron chi connectivity index (χ3n) is 4.15. The van der Waals surface area contributed by atoms with Gasteiger partial charge in [0.05, 0.1) is 29.6 Å². The van der Waals surface area contributed by atoms with Crippen molar-refractivity contribution in [2.24, 2.45) is 0 Å². The number of para-hydroxylation sites is 1. The lowest BCUT2D eigenvalue weighted by atomic mass is 10.0. The molecule has 2 aromatic heterocycles. The topological polar surface area (TPSA) is 80.3 Å². The number of thiazole rings is 1. The highest BCUT2D eigenvalue weighted by molar-refractivity contribution is 7.14. The van der Waals surface area contributed by atoms with E-state index in [1.807, 2.05) is 35.7 Å². The predicted molar refractivity (Wildman–Crippen MR) is 106 cm³/mol. The Morgan fingerprint density at radius 2 is 2.07 bits per heavy atom. The SMILES string of the molecule is O=C(Cc1csc(NC(=O)c2cccs2)n1)N[C@@H]1CCOc2ccccc21. The predicted octanol–water partition coefficient (Wildman–Crippen LogP) is 3.64. The van der Waals surface area contributed by atoms with E-state index in [2.05, 4.69) is 15.6 Å². The van der Waals surface area contributed by atoms with Crippen molar-refractivity contribution in [2.45, 2.75) is 18.9 Å². The summed E-state index contributed by atoms with van der Waals surface area (Å²) in [6.07, 6.45) is 0.910. The van der Waals surface area contributed by atoms with Crippen molar-refractivity contribution >= 4 is 39.6 Å². The number of thiophene rings is 1. The molecule has 138 valence electrons. The van der Waals surface area contributed by atoms with E-state index in [9.17, 15) is 9.59 Å². The van der Waals surface area contributed by atoms with Crippen molar-refractivity contribution in [2.75, 3.05) is 11.9 Å². The van der Waals surface area contributed by atoms with E-state index in [-0.39, 0.29) is 24.3 Å². The van der Waals surface area contributed by atoms with Gasteiger partial charge in [0.1, 0.15) is 5.75 Å². The molecule has 0 spiro atoms. The summed E-state index contributed by atoms with van der Waals surface area (Å²) in [7, 11) is 0. The minimum absolute atomic E-state index is 0.0564. The highest BCUT2D eigenvalue weighted by atomic mass is 32.1. The van der Waals surface area contributed by atoms with Gasteiger partial charge in [0.2, 0.25) is 5.91 Å². The van der Waals surface area contributed by atoms with Gasteiger partial charge in [0, 0.05) is 17.4 Å². The molecule has 0 saturated carbocycles. The second kappa shape index (κ2) is 7.89. The molecule has 1 atom stereocenters. The first-order valence-corrected chi connectivity index (χ1v) is 10.3. The maximum absolute atomic E-state index is 12.4. The van der Waals surface area contributed by atoms with Crippen molar-refractivity contribution in [1.82, 2.24) is 10.3 Å². The molecule has 0 fully saturated rings. The molecule has 0 unspecified atom stereocenters. The van der Waals surface area contributed by atoms with E-state index < -0.39 is 0 Å². The van der Waals surface area contributed by atoms with E-state index >= 15 is 0 Å². The van der Waals surface area contributed by atoms with Crippen LogP contribution in [0.15, 0.2) is 47.2 Å². The summed E-state index contributed by atoms with van der Waals surface area (Å²) in [5.41, 5.74) is 1.64. The highest BCUT2D eigenvalue weighted by Gasteiger charge is 2.23. The second-order valence-corrected chi connectivity index (χ2v) is 7.85. The lowest BCUT2D eigenvalue weighted by molar-refractivity contribution is -0.121. The van der Waals surface area contributed by atoms with E-state index in [4.69, 9.17) is 4.74 Å². The van der Waals surface area contributed by atoms with Gasteiger partial charge in [-0.05, 0) is 17.5 Å². The van der Waals surface area contributed by atoms with Crippen LogP contribution in [0.5, 0.6) is 5.75 Å². The minimum Gasteiger partial charge on any atom is -0.493 e. The van der Waals surface area contributed by atoms with Crippen LogP contribution in [0.4, 0.5) is 5.13 Å². The Labute approximate surface area is 164 Å². The Morgan fingerprint density at radius 1 is 1.19 bits per heavy atom. The maximum Gasteiger partial charge on any atom is 0.267 e. The first kappa shape index (κ1) is 17.7. The fourth-order valence-electron chi connectivity index (χ4n) is 2.91. The Kier molecular flexibility index (Phi) is 5.17. The maximum atomic E-state index is 12.4. The molecule has 0 aliphatic carbocycles. The lowest BCUT2D eigenvalue weighted by Gasteiger charge is -2.26. The molecule has 6 nitrogen and oxygen atoms in total. The molecule has 27 heavy (non-hydrogen) atoms. The summed E-state index contributed by atoms with van der Waals surface area (Å²) in [5.74, 6) is 0.536. The van der Waals surface area contributed by atoms with Gasteiger partial charge in [-0.1, -0.05) is 24.3 Å². The third-order valence-corrected chi connectivity index (χ3v) is 5.83. The molecule has 1 aliphatic heterocycles. The normalized spacial score (nSPS) is 15.5. The van der Waals surface area contributed by atoms with E-state index in [1.165, 1.54) is 22.7 Å². The summed E-state index contributed by atoms with van der Waals surface area (Å²) >= 11 is 2.69. The molecule has 3 aromatic rings. The number of hydrogen-bond donors (Lipinski definition) is 2. The molecular weight excluding hydrogens is 382 g/mol. The quantitative estimate of drug-likeness (QED) is 0.686. The number of carbonyl (C=O) groups is 2. The number of nitrogens with one attached hydrogen (secondary N) is 2. The Hall–Kier alpha value is -2.71. The molecule has 0 radical (unpaired) electrons. The number of hydrogen-bond acceptors (Lipinski definition) is 6. The Morgan fingerprint density at radius 3 is 2.93 bits per heavy atom. The zero-order chi connectivity index (χ0) is 18.6. The number of nitrogens with zero attached hydrogens (tertiary/aromatic N) is 1. The molecule has 0 saturated heterocycles. The summed E-state index contributed by atoms with van der Waals surface area (Å²) in [6.45, 7) is 0.581. The molecule has 1 aromatic carbocycles. The minimum atomic E-state index is -0.186. The van der Waals surface area contributed by atoms with E-state index in [0.29, 0.717) is 22.3 Å². The van der Waals surface area contributed by atoms with Crippen LogP contribution < -0.4 is 15.4 Å². The van der Waals surface area contributed by atoms with Gasteiger partial charge in [-0.2, -0.15) is 0 Å². The van der Waals surface area contributed by atoms with Crippen molar-refractivity contribution in [3.8, 4) is 5.75 Å². The Bertz CT molecular complexity index is 953. The summed E-state index contributed by atoms with van der Waals surface area (Å²) in [5, 5.41) is 9.95. The molecule has 1 aliphatic rings. The second-order valence-electron chi connectivity index (χ2n) is 6.05. The first-order valence-electron chi connectivity index (χ1n) is 8.49. The number of aromatic nitrogens is 1. The fourth-order valence-corrected chi connectivity index (χ4v) is 4.24. The number of ether oxygens (including phenoxy) is 1.